The average molecular weight is 295 g/mol. The molecule has 0 spiro atoms. The fourth-order valence-corrected chi connectivity index (χ4v) is 1.76. The van der Waals surface area contributed by atoms with E-state index in [2.05, 4.69) is 31.6 Å². The number of nitrogens with zero attached hydrogens (tertiary/aromatic N) is 3. The van der Waals surface area contributed by atoms with E-state index in [0.717, 1.165) is 15.7 Å². The predicted molar refractivity (Wildman–Crippen MR) is 67.5 cm³/mol. The monoisotopic (exact) mass is 294 g/mol. The molecule has 1 heterocycles. The van der Waals surface area contributed by atoms with Crippen LogP contribution in [0.4, 0.5) is 5.69 Å². The Morgan fingerprint density at radius 3 is 3.06 bits per heavy atom. The molecule has 0 bridgehead atoms. The van der Waals surface area contributed by atoms with Crippen LogP contribution in [-0.4, -0.2) is 20.9 Å². The Bertz CT molecular complexity index is 524. The molecule has 0 atom stereocenters. The van der Waals surface area contributed by atoms with Crippen molar-refractivity contribution in [2.45, 2.75) is 13.5 Å². The molecule has 2 aromatic rings. The number of carbonyl (C=O) groups is 1. The zero-order valence-electron chi connectivity index (χ0n) is 9.22. The Morgan fingerprint density at radius 1 is 1.53 bits per heavy atom. The van der Waals surface area contributed by atoms with Gasteiger partial charge in [0.15, 0.2) is 0 Å². The standard InChI is InChI=1S/C11H11BrN4O/c1-8-3-2-4-9(11(8)12)14-10(17)7-16-6-5-13-15-16/h2-6H,7H2,1H3,(H,14,17). The molecule has 17 heavy (non-hydrogen) atoms. The number of rotatable bonds is 3. The maximum atomic E-state index is 11.7. The maximum absolute atomic E-state index is 11.7. The SMILES string of the molecule is Cc1cccc(NC(=O)Cn2ccnn2)c1Br. The van der Waals surface area contributed by atoms with Crippen LogP contribution in [0.15, 0.2) is 35.1 Å². The van der Waals surface area contributed by atoms with Crippen molar-refractivity contribution in [3.8, 4) is 0 Å². The van der Waals surface area contributed by atoms with E-state index in [1.54, 1.807) is 6.20 Å². The number of halogens is 1. The lowest BCUT2D eigenvalue weighted by Gasteiger charge is -2.08. The number of aromatic nitrogens is 3. The lowest BCUT2D eigenvalue weighted by molar-refractivity contribution is -0.116. The summed E-state index contributed by atoms with van der Waals surface area (Å²) in [5.74, 6) is -0.137. The Morgan fingerprint density at radius 2 is 2.35 bits per heavy atom. The summed E-state index contributed by atoms with van der Waals surface area (Å²) in [6.45, 7) is 2.12. The Balaban J connectivity index is 2.06. The molecule has 0 saturated heterocycles. The molecule has 0 aliphatic heterocycles. The van der Waals surface area contributed by atoms with Crippen molar-refractivity contribution < 1.29 is 4.79 Å². The van der Waals surface area contributed by atoms with Gasteiger partial charge >= 0.3 is 0 Å². The normalized spacial score (nSPS) is 10.2. The van der Waals surface area contributed by atoms with Gasteiger partial charge in [-0.3, -0.25) is 4.79 Å². The highest BCUT2D eigenvalue weighted by Gasteiger charge is 2.07. The number of anilines is 1. The van der Waals surface area contributed by atoms with E-state index in [1.165, 1.54) is 10.9 Å². The molecule has 0 aliphatic rings. The first kappa shape index (κ1) is 11.8. The third kappa shape index (κ3) is 2.91. The quantitative estimate of drug-likeness (QED) is 0.942. The number of hydrogen-bond donors (Lipinski definition) is 1. The first-order valence-corrected chi connectivity index (χ1v) is 5.85. The summed E-state index contributed by atoms with van der Waals surface area (Å²) in [4.78, 5) is 11.7. The van der Waals surface area contributed by atoms with E-state index < -0.39 is 0 Å². The van der Waals surface area contributed by atoms with Crippen molar-refractivity contribution in [2.24, 2.45) is 0 Å². The molecule has 1 amide bonds. The Kier molecular flexibility index (Phi) is 3.53. The van der Waals surface area contributed by atoms with Gasteiger partial charge < -0.3 is 5.32 Å². The average Bonchev–Trinajstić information content (AvgIpc) is 2.77. The molecule has 0 aliphatic carbocycles. The lowest BCUT2D eigenvalue weighted by atomic mass is 10.2. The van der Waals surface area contributed by atoms with Crippen molar-refractivity contribution in [3.05, 3.63) is 40.6 Å². The topological polar surface area (TPSA) is 59.8 Å². The maximum Gasteiger partial charge on any atom is 0.246 e. The van der Waals surface area contributed by atoms with E-state index in [9.17, 15) is 4.79 Å². The zero-order valence-corrected chi connectivity index (χ0v) is 10.8. The minimum atomic E-state index is -0.137. The molecule has 6 heteroatoms. The summed E-state index contributed by atoms with van der Waals surface area (Å²) >= 11 is 3.44. The highest BCUT2D eigenvalue weighted by Crippen LogP contribution is 2.25. The van der Waals surface area contributed by atoms with Crippen molar-refractivity contribution in [3.63, 3.8) is 0 Å². The van der Waals surface area contributed by atoms with Crippen molar-refractivity contribution >= 4 is 27.5 Å². The van der Waals surface area contributed by atoms with Crippen LogP contribution in [-0.2, 0) is 11.3 Å². The summed E-state index contributed by atoms with van der Waals surface area (Å²) in [5, 5.41) is 10.2. The van der Waals surface area contributed by atoms with Crippen LogP contribution in [0.3, 0.4) is 0 Å². The number of nitrogens with one attached hydrogen (secondary N) is 1. The minimum absolute atomic E-state index is 0.137. The predicted octanol–water partition coefficient (Wildman–Crippen LogP) is 1.99. The van der Waals surface area contributed by atoms with Gasteiger partial charge in [0.1, 0.15) is 6.54 Å². The van der Waals surface area contributed by atoms with Gasteiger partial charge in [0, 0.05) is 10.7 Å². The highest BCUT2D eigenvalue weighted by molar-refractivity contribution is 9.10. The third-order valence-electron chi connectivity index (χ3n) is 2.24. The van der Waals surface area contributed by atoms with Gasteiger partial charge in [-0.2, -0.15) is 0 Å². The van der Waals surface area contributed by atoms with Crippen LogP contribution < -0.4 is 5.32 Å². The second kappa shape index (κ2) is 5.09. The molecule has 88 valence electrons. The molecule has 1 aromatic heterocycles. The van der Waals surface area contributed by atoms with E-state index in [-0.39, 0.29) is 12.5 Å². The molecule has 2 rings (SSSR count). The van der Waals surface area contributed by atoms with E-state index >= 15 is 0 Å². The Hall–Kier alpha value is -1.69. The van der Waals surface area contributed by atoms with Crippen LogP contribution in [0, 0.1) is 6.92 Å². The fraction of sp³-hybridized carbons (Fsp3) is 0.182. The van der Waals surface area contributed by atoms with Crippen LogP contribution in [0.2, 0.25) is 0 Å². The van der Waals surface area contributed by atoms with E-state index in [0.29, 0.717) is 0 Å². The number of benzene rings is 1. The van der Waals surface area contributed by atoms with Gasteiger partial charge in [0.25, 0.3) is 0 Å². The van der Waals surface area contributed by atoms with Crippen molar-refractivity contribution in [1.29, 1.82) is 0 Å². The molecule has 1 N–H and O–H groups in total. The largest absolute Gasteiger partial charge is 0.323 e. The molecular weight excluding hydrogens is 284 g/mol. The molecule has 0 saturated carbocycles. The lowest BCUT2D eigenvalue weighted by Crippen LogP contribution is -2.19. The number of aryl methyl sites for hydroxylation is 1. The minimum Gasteiger partial charge on any atom is -0.323 e. The number of hydrogen-bond acceptors (Lipinski definition) is 3. The van der Waals surface area contributed by atoms with Gasteiger partial charge in [0.05, 0.1) is 11.9 Å². The summed E-state index contributed by atoms with van der Waals surface area (Å²) in [5.41, 5.74) is 1.83. The first-order valence-electron chi connectivity index (χ1n) is 5.06. The smallest absolute Gasteiger partial charge is 0.246 e. The highest BCUT2D eigenvalue weighted by atomic mass is 79.9. The second-order valence-electron chi connectivity index (χ2n) is 3.59. The molecule has 0 fully saturated rings. The van der Waals surface area contributed by atoms with Gasteiger partial charge in [0.2, 0.25) is 5.91 Å². The van der Waals surface area contributed by atoms with Gasteiger partial charge in [-0.15, -0.1) is 5.10 Å². The molecule has 0 unspecified atom stereocenters. The molecule has 1 aromatic carbocycles. The fourth-order valence-electron chi connectivity index (χ4n) is 1.40. The first-order chi connectivity index (χ1) is 8.16. The zero-order chi connectivity index (χ0) is 12.3. The summed E-state index contributed by atoms with van der Waals surface area (Å²) in [6.07, 6.45) is 3.18. The van der Waals surface area contributed by atoms with Crippen LogP contribution >= 0.6 is 15.9 Å². The van der Waals surface area contributed by atoms with Gasteiger partial charge in [-0.25, -0.2) is 4.68 Å². The summed E-state index contributed by atoms with van der Waals surface area (Å²) < 4.78 is 2.37. The summed E-state index contributed by atoms with van der Waals surface area (Å²) in [7, 11) is 0. The van der Waals surface area contributed by atoms with Crippen LogP contribution in [0.1, 0.15) is 5.56 Å². The van der Waals surface area contributed by atoms with Gasteiger partial charge in [-0.05, 0) is 34.5 Å². The van der Waals surface area contributed by atoms with E-state index in [1.807, 2.05) is 25.1 Å². The second-order valence-corrected chi connectivity index (χ2v) is 4.38. The number of carbonyl (C=O) groups excluding carboxylic acids is 1. The van der Waals surface area contributed by atoms with Gasteiger partial charge in [-0.1, -0.05) is 17.3 Å². The van der Waals surface area contributed by atoms with Crippen LogP contribution in [0.5, 0.6) is 0 Å². The molecule has 5 nitrogen and oxygen atoms in total. The molecule has 0 radical (unpaired) electrons. The van der Waals surface area contributed by atoms with Crippen molar-refractivity contribution in [2.75, 3.05) is 5.32 Å². The van der Waals surface area contributed by atoms with Crippen LogP contribution in [0.25, 0.3) is 0 Å². The number of amides is 1. The third-order valence-corrected chi connectivity index (χ3v) is 3.30. The van der Waals surface area contributed by atoms with Crippen molar-refractivity contribution in [1.82, 2.24) is 15.0 Å². The summed E-state index contributed by atoms with van der Waals surface area (Å²) in [6, 6.07) is 5.71. The van der Waals surface area contributed by atoms with E-state index in [4.69, 9.17) is 0 Å². The Labute approximate surface area is 107 Å². The molecular formula is C11H11BrN4O.